The van der Waals surface area contributed by atoms with Gasteiger partial charge in [0.05, 0.1) is 18.8 Å². The molecule has 0 amide bonds. The summed E-state index contributed by atoms with van der Waals surface area (Å²) in [5, 5.41) is 16.9. The highest BCUT2D eigenvalue weighted by atomic mass is 16.3. The molecular formula is C12H23N3O. The van der Waals surface area contributed by atoms with Crippen molar-refractivity contribution in [2.24, 2.45) is 13.0 Å². The van der Waals surface area contributed by atoms with Gasteiger partial charge in [0.1, 0.15) is 0 Å². The summed E-state index contributed by atoms with van der Waals surface area (Å²) in [5.41, 5.74) is 1.05. The molecule has 0 bridgehead atoms. The zero-order valence-corrected chi connectivity index (χ0v) is 10.5. The summed E-state index contributed by atoms with van der Waals surface area (Å²) in [5.74, 6) is 0.686. The third kappa shape index (κ3) is 3.61. The highest BCUT2D eigenvalue weighted by molar-refractivity contribution is 5.10. The molecule has 0 aliphatic rings. The van der Waals surface area contributed by atoms with Gasteiger partial charge in [-0.2, -0.15) is 5.10 Å². The molecule has 0 aromatic carbocycles. The lowest BCUT2D eigenvalue weighted by molar-refractivity contribution is 0.237. The molecule has 0 saturated heterocycles. The van der Waals surface area contributed by atoms with Crippen molar-refractivity contribution in [1.82, 2.24) is 15.1 Å². The first-order valence-electron chi connectivity index (χ1n) is 6.04. The summed E-state index contributed by atoms with van der Waals surface area (Å²) in [4.78, 5) is 0. The van der Waals surface area contributed by atoms with Crippen LogP contribution in [0.1, 0.15) is 38.3 Å². The Bertz CT molecular complexity index is 294. The first kappa shape index (κ1) is 13.2. The number of aryl methyl sites for hydroxylation is 1. The van der Waals surface area contributed by atoms with Crippen LogP contribution in [0.25, 0.3) is 0 Å². The van der Waals surface area contributed by atoms with Crippen LogP contribution in [0, 0.1) is 5.92 Å². The van der Waals surface area contributed by atoms with Crippen LogP contribution in [0.4, 0.5) is 0 Å². The third-order valence-electron chi connectivity index (χ3n) is 3.12. The van der Waals surface area contributed by atoms with Crippen molar-refractivity contribution in [3.05, 3.63) is 18.0 Å². The zero-order valence-electron chi connectivity index (χ0n) is 10.5. The van der Waals surface area contributed by atoms with Crippen LogP contribution >= 0.6 is 0 Å². The average Bonchev–Trinajstić information content (AvgIpc) is 2.71. The van der Waals surface area contributed by atoms with E-state index in [1.54, 1.807) is 10.9 Å². The Morgan fingerprint density at radius 1 is 1.44 bits per heavy atom. The molecule has 0 aliphatic heterocycles. The minimum absolute atomic E-state index is 0.00861. The van der Waals surface area contributed by atoms with Crippen LogP contribution < -0.4 is 5.32 Å². The largest absolute Gasteiger partial charge is 0.394 e. The Labute approximate surface area is 97.7 Å². The van der Waals surface area contributed by atoms with Crippen molar-refractivity contribution >= 4 is 0 Å². The number of rotatable bonds is 7. The number of hydrogen-bond donors (Lipinski definition) is 2. The molecule has 0 spiro atoms. The number of aliphatic hydroxyl groups excluding tert-OH is 1. The van der Waals surface area contributed by atoms with E-state index in [4.69, 9.17) is 0 Å². The molecule has 4 heteroatoms. The number of aromatic nitrogens is 2. The van der Waals surface area contributed by atoms with Crippen LogP contribution in [0.15, 0.2) is 12.4 Å². The summed E-state index contributed by atoms with van der Waals surface area (Å²) < 4.78 is 1.76. The van der Waals surface area contributed by atoms with Crippen molar-refractivity contribution in [2.75, 3.05) is 13.2 Å². The predicted octanol–water partition coefficient (Wildman–Crippen LogP) is 1.48. The van der Waals surface area contributed by atoms with Gasteiger partial charge in [0.2, 0.25) is 0 Å². The maximum atomic E-state index is 9.35. The number of nitrogens with zero attached hydrogens (tertiary/aromatic N) is 2. The molecule has 1 unspecified atom stereocenters. The second kappa shape index (κ2) is 6.66. The minimum atomic E-state index is 0.00861. The summed E-state index contributed by atoms with van der Waals surface area (Å²) in [6.07, 6.45) is 6.10. The molecule has 0 aliphatic carbocycles. The van der Waals surface area contributed by atoms with Crippen LogP contribution in [0.2, 0.25) is 0 Å². The van der Waals surface area contributed by atoms with Crippen molar-refractivity contribution in [1.29, 1.82) is 0 Å². The number of nitrogens with one attached hydrogen (secondary N) is 1. The number of hydrogen-bond acceptors (Lipinski definition) is 3. The lowest BCUT2D eigenvalue weighted by Gasteiger charge is -2.19. The van der Waals surface area contributed by atoms with Gasteiger partial charge in [-0.3, -0.25) is 4.68 Å². The van der Waals surface area contributed by atoms with Crippen molar-refractivity contribution in [2.45, 2.75) is 32.7 Å². The molecule has 0 radical (unpaired) electrons. The topological polar surface area (TPSA) is 50.1 Å². The Balaban J connectivity index is 2.49. The van der Waals surface area contributed by atoms with E-state index in [1.807, 2.05) is 13.2 Å². The van der Waals surface area contributed by atoms with E-state index in [0.717, 1.165) is 12.1 Å². The van der Waals surface area contributed by atoms with E-state index in [9.17, 15) is 5.11 Å². The predicted molar refractivity (Wildman–Crippen MR) is 65.1 cm³/mol. The number of aliphatic hydroxyl groups is 1. The Kier molecular flexibility index (Phi) is 5.49. The van der Waals surface area contributed by atoms with Gasteiger partial charge in [-0.15, -0.1) is 0 Å². The summed E-state index contributed by atoms with van der Waals surface area (Å²) in [7, 11) is 1.89. The first-order valence-corrected chi connectivity index (χ1v) is 6.04. The molecule has 1 rings (SSSR count). The SMILES string of the molecule is CCC(CC)CNC(CO)c1cnn(C)c1. The van der Waals surface area contributed by atoms with Gasteiger partial charge < -0.3 is 10.4 Å². The molecule has 16 heavy (non-hydrogen) atoms. The smallest absolute Gasteiger partial charge is 0.0627 e. The van der Waals surface area contributed by atoms with Gasteiger partial charge in [0.15, 0.2) is 0 Å². The Morgan fingerprint density at radius 2 is 2.12 bits per heavy atom. The van der Waals surface area contributed by atoms with Crippen LogP contribution in [0.3, 0.4) is 0 Å². The monoisotopic (exact) mass is 225 g/mol. The minimum Gasteiger partial charge on any atom is -0.394 e. The summed E-state index contributed by atoms with van der Waals surface area (Å²) in [6.45, 7) is 5.47. The Morgan fingerprint density at radius 3 is 2.56 bits per heavy atom. The van der Waals surface area contributed by atoms with Crippen LogP contribution in [0.5, 0.6) is 0 Å². The van der Waals surface area contributed by atoms with Crippen LogP contribution in [-0.4, -0.2) is 28.0 Å². The lowest BCUT2D eigenvalue weighted by atomic mass is 10.0. The fourth-order valence-corrected chi connectivity index (χ4v) is 1.79. The van der Waals surface area contributed by atoms with Crippen molar-refractivity contribution in [3.8, 4) is 0 Å². The molecule has 0 fully saturated rings. The first-order chi connectivity index (χ1) is 7.71. The second-order valence-electron chi connectivity index (χ2n) is 4.27. The van der Waals surface area contributed by atoms with Gasteiger partial charge >= 0.3 is 0 Å². The van der Waals surface area contributed by atoms with E-state index in [2.05, 4.69) is 24.3 Å². The third-order valence-corrected chi connectivity index (χ3v) is 3.12. The van der Waals surface area contributed by atoms with Gasteiger partial charge in [0.25, 0.3) is 0 Å². The highest BCUT2D eigenvalue weighted by Crippen LogP contribution is 2.13. The van der Waals surface area contributed by atoms with E-state index in [1.165, 1.54) is 12.8 Å². The Hall–Kier alpha value is -0.870. The van der Waals surface area contributed by atoms with E-state index in [0.29, 0.717) is 5.92 Å². The lowest BCUT2D eigenvalue weighted by Crippen LogP contribution is -2.29. The maximum absolute atomic E-state index is 9.35. The fourth-order valence-electron chi connectivity index (χ4n) is 1.79. The second-order valence-corrected chi connectivity index (χ2v) is 4.27. The molecule has 1 aromatic heterocycles. The van der Waals surface area contributed by atoms with Gasteiger partial charge in [0, 0.05) is 18.8 Å². The molecule has 1 heterocycles. The standard InChI is InChI=1S/C12H23N3O/c1-4-10(5-2)6-13-12(9-16)11-7-14-15(3)8-11/h7-8,10,12-13,16H,4-6,9H2,1-3H3. The molecule has 1 atom stereocenters. The summed E-state index contributed by atoms with van der Waals surface area (Å²) in [6, 6.07) is 0.00861. The summed E-state index contributed by atoms with van der Waals surface area (Å²) >= 11 is 0. The molecule has 4 nitrogen and oxygen atoms in total. The van der Waals surface area contributed by atoms with E-state index < -0.39 is 0 Å². The zero-order chi connectivity index (χ0) is 12.0. The molecule has 0 saturated carbocycles. The van der Waals surface area contributed by atoms with Gasteiger partial charge in [-0.25, -0.2) is 0 Å². The maximum Gasteiger partial charge on any atom is 0.0627 e. The average molecular weight is 225 g/mol. The molecule has 92 valence electrons. The van der Waals surface area contributed by atoms with Crippen LogP contribution in [-0.2, 0) is 7.05 Å². The van der Waals surface area contributed by atoms with Crippen molar-refractivity contribution < 1.29 is 5.11 Å². The molecule has 1 aromatic rings. The van der Waals surface area contributed by atoms with Gasteiger partial charge in [-0.1, -0.05) is 26.7 Å². The van der Waals surface area contributed by atoms with Crippen molar-refractivity contribution in [3.63, 3.8) is 0 Å². The van der Waals surface area contributed by atoms with E-state index in [-0.39, 0.29) is 12.6 Å². The van der Waals surface area contributed by atoms with E-state index >= 15 is 0 Å². The van der Waals surface area contributed by atoms with Gasteiger partial charge in [-0.05, 0) is 12.5 Å². The molecular weight excluding hydrogens is 202 g/mol. The normalized spacial score (nSPS) is 13.3. The highest BCUT2D eigenvalue weighted by Gasteiger charge is 2.13. The fraction of sp³-hybridized carbons (Fsp3) is 0.750. The quantitative estimate of drug-likeness (QED) is 0.739. The molecule has 2 N–H and O–H groups in total.